The molecule has 3 amide bonds. The molecule has 2 heterocycles. The fourth-order valence-electron chi connectivity index (χ4n) is 5.20. The molecule has 0 unspecified atom stereocenters. The van der Waals surface area contributed by atoms with Gasteiger partial charge in [-0.3, -0.25) is 14.4 Å². The van der Waals surface area contributed by atoms with Crippen LogP contribution in [0, 0.1) is 0 Å². The van der Waals surface area contributed by atoms with Gasteiger partial charge in [0.15, 0.2) is 0 Å². The number of methoxy groups -OCH3 is 1. The quantitative estimate of drug-likeness (QED) is 0.212. The summed E-state index contributed by atoms with van der Waals surface area (Å²) in [7, 11) is 1.42. The molecule has 4 aromatic rings. The van der Waals surface area contributed by atoms with Gasteiger partial charge in [-0.2, -0.15) is 9.78 Å². The number of carbonyl (C=O) groups is 4. The Kier molecular flexibility index (Phi) is 7.38. The van der Waals surface area contributed by atoms with E-state index >= 15 is 0 Å². The van der Waals surface area contributed by atoms with Gasteiger partial charge in [0.05, 0.1) is 30.3 Å². The Hall–Kier alpha value is -5.65. The molecule has 0 atom stereocenters. The van der Waals surface area contributed by atoms with Gasteiger partial charge in [0.1, 0.15) is 17.0 Å². The third-order valence-electron chi connectivity index (χ3n) is 7.22. The largest absolute Gasteiger partial charge is 0.496 e. The van der Waals surface area contributed by atoms with Crippen molar-refractivity contribution in [3.8, 4) is 28.1 Å². The van der Waals surface area contributed by atoms with Crippen molar-refractivity contribution in [1.29, 1.82) is 0 Å². The number of amides is 3. The minimum absolute atomic E-state index is 0.0311. The topological polar surface area (TPSA) is 186 Å². The summed E-state index contributed by atoms with van der Waals surface area (Å²) >= 11 is 0. The third kappa shape index (κ3) is 5.33. The van der Waals surface area contributed by atoms with Gasteiger partial charge in [-0.05, 0) is 67.8 Å². The zero-order valence-corrected chi connectivity index (χ0v) is 24.8. The van der Waals surface area contributed by atoms with Crippen molar-refractivity contribution in [3.63, 3.8) is 0 Å². The van der Waals surface area contributed by atoms with Gasteiger partial charge < -0.3 is 31.6 Å². The molecule has 0 bridgehead atoms. The molecule has 5 rings (SSSR count). The van der Waals surface area contributed by atoms with E-state index in [1.165, 1.54) is 22.8 Å². The second-order valence-electron chi connectivity index (χ2n) is 11.4. The zero-order valence-electron chi connectivity index (χ0n) is 24.8. The van der Waals surface area contributed by atoms with Crippen LogP contribution >= 0.6 is 0 Å². The standard InChI is InChI=1S/C32H32N6O6/c1-16(28(34)39)14-37-15-22-19(9-10-23(33)26(22)30(37)41)17-7-11-24-21(12-17)27(36-38(24)31(42)44-32(2,3)4)18-6-8-20(29(35)40)25(13-18)43-5/h6-13H,1,14-15,33H2,2-5H3,(H2,34,39)(H2,35,40). The first-order chi connectivity index (χ1) is 20.7. The predicted molar refractivity (Wildman–Crippen MR) is 165 cm³/mol. The minimum Gasteiger partial charge on any atom is -0.496 e. The summed E-state index contributed by atoms with van der Waals surface area (Å²) in [5.41, 5.74) is 20.9. The maximum atomic E-state index is 13.3. The number of aromatic nitrogens is 2. The lowest BCUT2D eigenvalue weighted by Gasteiger charge is -2.19. The smallest absolute Gasteiger partial charge is 0.435 e. The number of anilines is 1. The predicted octanol–water partition coefficient (Wildman–Crippen LogP) is 3.84. The van der Waals surface area contributed by atoms with Crippen molar-refractivity contribution >= 4 is 40.4 Å². The normalized spacial score (nSPS) is 12.7. The number of nitrogens with zero attached hydrogens (tertiary/aromatic N) is 3. The number of fused-ring (bicyclic) bond motifs is 2. The number of nitrogens with two attached hydrogens (primary N) is 3. The molecule has 12 heteroatoms. The van der Waals surface area contributed by atoms with Crippen molar-refractivity contribution < 1.29 is 28.7 Å². The van der Waals surface area contributed by atoms with Crippen molar-refractivity contribution in [2.24, 2.45) is 11.5 Å². The summed E-state index contributed by atoms with van der Waals surface area (Å²) in [5, 5.41) is 5.22. The van der Waals surface area contributed by atoms with Crippen molar-refractivity contribution in [2.45, 2.75) is 32.9 Å². The molecule has 0 radical (unpaired) electrons. The van der Waals surface area contributed by atoms with E-state index in [1.54, 1.807) is 45.0 Å². The number of primary amides is 2. The first-order valence-electron chi connectivity index (χ1n) is 13.6. The molecule has 1 aliphatic heterocycles. The molecule has 0 saturated heterocycles. The van der Waals surface area contributed by atoms with Gasteiger partial charge in [0.2, 0.25) is 5.91 Å². The Balaban J connectivity index is 1.68. The van der Waals surface area contributed by atoms with E-state index in [2.05, 4.69) is 11.7 Å². The maximum absolute atomic E-state index is 13.3. The van der Waals surface area contributed by atoms with Crippen LogP contribution in [0.4, 0.5) is 10.5 Å². The molecule has 6 N–H and O–H groups in total. The molecule has 1 aromatic heterocycles. The van der Waals surface area contributed by atoms with Crippen LogP contribution in [0.15, 0.2) is 60.7 Å². The van der Waals surface area contributed by atoms with Gasteiger partial charge in [0, 0.05) is 28.8 Å². The lowest BCUT2D eigenvalue weighted by molar-refractivity contribution is -0.114. The highest BCUT2D eigenvalue weighted by atomic mass is 16.6. The van der Waals surface area contributed by atoms with Crippen LogP contribution < -0.4 is 21.9 Å². The number of nitrogen functional groups attached to an aromatic ring is 1. The highest BCUT2D eigenvalue weighted by Gasteiger charge is 2.33. The lowest BCUT2D eigenvalue weighted by Crippen LogP contribution is -2.30. The highest BCUT2D eigenvalue weighted by molar-refractivity contribution is 6.07. The minimum atomic E-state index is -0.773. The van der Waals surface area contributed by atoms with Crippen LogP contribution in [0.3, 0.4) is 0 Å². The van der Waals surface area contributed by atoms with Crippen LogP contribution in [0.25, 0.3) is 33.3 Å². The molecule has 226 valence electrons. The van der Waals surface area contributed by atoms with Crippen LogP contribution in [0.2, 0.25) is 0 Å². The summed E-state index contributed by atoms with van der Waals surface area (Å²) < 4.78 is 12.2. The molecule has 0 saturated carbocycles. The molecule has 44 heavy (non-hydrogen) atoms. The summed E-state index contributed by atoms with van der Waals surface area (Å²) in [6, 6.07) is 13.7. The summed E-state index contributed by atoms with van der Waals surface area (Å²) in [4.78, 5) is 51.5. The van der Waals surface area contributed by atoms with E-state index < -0.39 is 23.5 Å². The van der Waals surface area contributed by atoms with E-state index in [-0.39, 0.29) is 35.9 Å². The summed E-state index contributed by atoms with van der Waals surface area (Å²) in [5.74, 6) is -1.43. The van der Waals surface area contributed by atoms with Gasteiger partial charge >= 0.3 is 6.09 Å². The van der Waals surface area contributed by atoms with E-state index in [4.69, 9.17) is 26.7 Å². The number of hydrogen-bond donors (Lipinski definition) is 3. The molecule has 12 nitrogen and oxygen atoms in total. The van der Waals surface area contributed by atoms with Crippen molar-refractivity contribution in [2.75, 3.05) is 19.4 Å². The Morgan fingerprint density at radius 3 is 2.36 bits per heavy atom. The van der Waals surface area contributed by atoms with Gasteiger partial charge in [-0.25, -0.2) is 4.79 Å². The first-order valence-corrected chi connectivity index (χ1v) is 13.6. The zero-order chi connectivity index (χ0) is 32.1. The SMILES string of the molecule is C=C(CN1Cc2c(-c3ccc4c(c3)c(-c3ccc(C(N)=O)c(OC)c3)nn4C(=O)OC(C)(C)C)ccc(N)c2C1=O)C(N)=O. The fourth-order valence-corrected chi connectivity index (χ4v) is 5.20. The number of ether oxygens (including phenoxy) is 2. The lowest BCUT2D eigenvalue weighted by atomic mass is 9.94. The average molecular weight is 597 g/mol. The number of benzene rings is 3. The second-order valence-corrected chi connectivity index (χ2v) is 11.4. The molecular formula is C32H32N6O6. The number of rotatable bonds is 7. The van der Waals surface area contributed by atoms with E-state index in [1.807, 2.05) is 18.2 Å². The molecule has 1 aliphatic rings. The van der Waals surface area contributed by atoms with E-state index in [0.29, 0.717) is 39.0 Å². The van der Waals surface area contributed by atoms with Crippen molar-refractivity contribution in [3.05, 3.63) is 77.4 Å². The number of carbonyl (C=O) groups excluding carboxylic acids is 4. The second kappa shape index (κ2) is 10.9. The summed E-state index contributed by atoms with van der Waals surface area (Å²) in [6.45, 7) is 9.11. The monoisotopic (exact) mass is 596 g/mol. The first kappa shape index (κ1) is 29.8. The van der Waals surface area contributed by atoms with Crippen LogP contribution in [0.1, 0.15) is 47.1 Å². The Labute approximate surface area is 253 Å². The van der Waals surface area contributed by atoms with Gasteiger partial charge in [0.25, 0.3) is 11.8 Å². The Morgan fingerprint density at radius 2 is 1.73 bits per heavy atom. The van der Waals surface area contributed by atoms with Crippen LogP contribution in [0.5, 0.6) is 5.75 Å². The Morgan fingerprint density at radius 1 is 1.02 bits per heavy atom. The maximum Gasteiger partial charge on any atom is 0.435 e. The molecular weight excluding hydrogens is 564 g/mol. The molecule has 0 aliphatic carbocycles. The average Bonchev–Trinajstić information content (AvgIpc) is 3.50. The van der Waals surface area contributed by atoms with Crippen molar-refractivity contribution in [1.82, 2.24) is 14.7 Å². The summed E-state index contributed by atoms with van der Waals surface area (Å²) in [6.07, 6.45) is -0.675. The number of hydrogen-bond acceptors (Lipinski definition) is 8. The van der Waals surface area contributed by atoms with Crippen LogP contribution in [-0.2, 0) is 16.1 Å². The van der Waals surface area contributed by atoms with E-state index in [0.717, 1.165) is 11.1 Å². The van der Waals surface area contributed by atoms with E-state index in [9.17, 15) is 19.2 Å². The molecule has 0 fully saturated rings. The molecule has 0 spiro atoms. The van der Waals surface area contributed by atoms with Gasteiger partial charge in [-0.1, -0.05) is 24.8 Å². The third-order valence-corrected chi connectivity index (χ3v) is 7.22. The highest BCUT2D eigenvalue weighted by Crippen LogP contribution is 2.39. The van der Waals surface area contributed by atoms with Gasteiger partial charge in [-0.15, -0.1) is 0 Å². The fraction of sp³-hybridized carbons (Fsp3) is 0.219. The van der Waals surface area contributed by atoms with Crippen LogP contribution in [-0.4, -0.2) is 57.8 Å². The Bertz CT molecular complexity index is 1900. The molecule has 3 aromatic carbocycles.